The lowest BCUT2D eigenvalue weighted by Crippen LogP contribution is -2.21. The summed E-state index contributed by atoms with van der Waals surface area (Å²) in [5.41, 5.74) is 0.520. The Morgan fingerprint density at radius 3 is 1.44 bits per heavy atom. The fourth-order valence-electron chi connectivity index (χ4n) is 2.27. The largest absolute Gasteiger partial charge is 0.463 e. The van der Waals surface area contributed by atoms with E-state index < -0.39 is 14.2 Å². The van der Waals surface area contributed by atoms with Gasteiger partial charge in [-0.05, 0) is 43.7 Å². The van der Waals surface area contributed by atoms with E-state index in [0.717, 1.165) is 5.56 Å². The van der Waals surface area contributed by atoms with Gasteiger partial charge in [-0.25, -0.2) is 0 Å². The summed E-state index contributed by atoms with van der Waals surface area (Å²) in [5.74, 6) is 1.43. The van der Waals surface area contributed by atoms with Gasteiger partial charge >= 0.3 is 8.60 Å². The highest BCUT2D eigenvalue weighted by atomic mass is 31.2. The van der Waals surface area contributed by atoms with Crippen molar-refractivity contribution in [3.8, 4) is 11.5 Å². The van der Waals surface area contributed by atoms with Crippen LogP contribution in [-0.4, -0.2) is 0 Å². The average Bonchev–Trinajstić information content (AvgIpc) is 2.64. The molecule has 3 aromatic carbocycles. The third-order valence-electron chi connectivity index (χ3n) is 3.62. The van der Waals surface area contributed by atoms with E-state index in [4.69, 9.17) is 13.6 Å². The van der Waals surface area contributed by atoms with E-state index in [0.29, 0.717) is 11.5 Å². The van der Waals surface area contributed by atoms with Crippen molar-refractivity contribution in [2.75, 3.05) is 0 Å². The Kier molecular flexibility index (Phi) is 5.70. The fourth-order valence-corrected chi connectivity index (χ4v) is 3.45. The van der Waals surface area contributed by atoms with E-state index in [1.54, 1.807) is 0 Å². The topological polar surface area (TPSA) is 27.7 Å². The summed E-state index contributed by atoms with van der Waals surface area (Å²) in [5, 5.41) is 0. The first-order valence-electron chi connectivity index (χ1n) is 8.14. The number of hydrogen-bond acceptors (Lipinski definition) is 3. The van der Waals surface area contributed by atoms with Crippen molar-refractivity contribution in [1.29, 1.82) is 0 Å². The predicted molar refractivity (Wildman–Crippen MR) is 102 cm³/mol. The molecule has 0 aliphatic carbocycles. The minimum absolute atomic E-state index is 0.545. The van der Waals surface area contributed by atoms with E-state index in [1.807, 2.05) is 105 Å². The molecule has 25 heavy (non-hydrogen) atoms. The minimum atomic E-state index is -1.62. The lowest BCUT2D eigenvalue weighted by Gasteiger charge is -2.29. The molecule has 0 unspecified atom stereocenters. The maximum atomic E-state index is 6.25. The van der Waals surface area contributed by atoms with Crippen molar-refractivity contribution in [2.24, 2.45) is 0 Å². The van der Waals surface area contributed by atoms with Gasteiger partial charge in [0.05, 0.1) is 5.60 Å². The SMILES string of the molecule is CC(C)(OP(Oc1ccccc1)Oc1ccccc1)c1ccccc1. The monoisotopic (exact) mass is 352 g/mol. The van der Waals surface area contributed by atoms with E-state index >= 15 is 0 Å². The van der Waals surface area contributed by atoms with Crippen LogP contribution in [0, 0.1) is 0 Å². The molecule has 0 atom stereocenters. The Morgan fingerprint density at radius 2 is 1.00 bits per heavy atom. The highest BCUT2D eigenvalue weighted by Gasteiger charge is 2.30. The summed E-state index contributed by atoms with van der Waals surface area (Å²) < 4.78 is 18.2. The summed E-state index contributed by atoms with van der Waals surface area (Å²) in [4.78, 5) is 0. The molecule has 3 aromatic rings. The second-order valence-electron chi connectivity index (χ2n) is 6.00. The summed E-state index contributed by atoms with van der Waals surface area (Å²) in [7, 11) is -1.62. The van der Waals surface area contributed by atoms with Crippen molar-refractivity contribution in [1.82, 2.24) is 0 Å². The van der Waals surface area contributed by atoms with Crippen molar-refractivity contribution in [3.05, 3.63) is 96.6 Å². The van der Waals surface area contributed by atoms with Gasteiger partial charge in [-0.1, -0.05) is 66.7 Å². The van der Waals surface area contributed by atoms with E-state index in [-0.39, 0.29) is 0 Å². The first-order valence-corrected chi connectivity index (χ1v) is 9.24. The van der Waals surface area contributed by atoms with Crippen LogP contribution in [0.25, 0.3) is 0 Å². The predicted octanol–water partition coefficient (Wildman–Crippen LogP) is 6.32. The number of hydrogen-bond donors (Lipinski definition) is 0. The van der Waals surface area contributed by atoms with Crippen molar-refractivity contribution in [3.63, 3.8) is 0 Å². The smallest absolute Gasteiger partial charge is 0.418 e. The van der Waals surface area contributed by atoms with Crippen LogP contribution in [0.1, 0.15) is 19.4 Å². The summed E-state index contributed by atoms with van der Waals surface area (Å²) in [6.07, 6.45) is 0. The zero-order valence-corrected chi connectivity index (χ0v) is 15.2. The molecule has 0 saturated carbocycles. The quantitative estimate of drug-likeness (QED) is 0.466. The third kappa shape index (κ3) is 5.06. The molecule has 0 N–H and O–H groups in total. The van der Waals surface area contributed by atoms with Gasteiger partial charge in [0, 0.05) is 0 Å². The van der Waals surface area contributed by atoms with E-state index in [9.17, 15) is 0 Å². The van der Waals surface area contributed by atoms with Gasteiger partial charge in [0.25, 0.3) is 0 Å². The van der Waals surface area contributed by atoms with Gasteiger partial charge in [0.2, 0.25) is 0 Å². The van der Waals surface area contributed by atoms with Crippen molar-refractivity contribution in [2.45, 2.75) is 19.4 Å². The Labute approximate surface area is 150 Å². The number of benzene rings is 3. The maximum Gasteiger partial charge on any atom is 0.463 e. The molecule has 0 aromatic heterocycles. The zero-order valence-electron chi connectivity index (χ0n) is 14.3. The van der Waals surface area contributed by atoms with E-state index in [2.05, 4.69) is 0 Å². The summed E-state index contributed by atoms with van der Waals surface area (Å²) >= 11 is 0. The Hall–Kier alpha value is -2.35. The summed E-state index contributed by atoms with van der Waals surface area (Å²) in [6, 6.07) is 29.2. The molecule has 0 spiro atoms. The normalized spacial score (nSPS) is 11.3. The summed E-state index contributed by atoms with van der Waals surface area (Å²) in [6.45, 7) is 4.03. The number of rotatable bonds is 7. The first kappa shape index (κ1) is 17.5. The third-order valence-corrected chi connectivity index (χ3v) is 4.94. The van der Waals surface area contributed by atoms with Gasteiger partial charge in [-0.2, -0.15) is 0 Å². The second kappa shape index (κ2) is 8.15. The molecule has 0 radical (unpaired) electrons. The molecule has 0 aliphatic rings. The van der Waals surface area contributed by atoms with Crippen LogP contribution in [0.4, 0.5) is 0 Å². The van der Waals surface area contributed by atoms with Gasteiger partial charge in [-0.3, -0.25) is 4.52 Å². The van der Waals surface area contributed by atoms with Gasteiger partial charge in [0.15, 0.2) is 0 Å². The molecule has 0 fully saturated rings. The standard InChI is InChI=1S/C21H21O3P/c1-21(2,18-12-6-3-7-13-18)24-25(22-19-14-8-4-9-15-19)23-20-16-10-5-11-17-20/h3-17H,1-2H3. The Balaban J connectivity index is 1.80. The zero-order chi connectivity index (χ0) is 17.5. The molecule has 0 saturated heterocycles. The molecule has 3 nitrogen and oxygen atoms in total. The molecule has 0 bridgehead atoms. The lowest BCUT2D eigenvalue weighted by atomic mass is 9.99. The van der Waals surface area contributed by atoms with Crippen LogP contribution in [0.15, 0.2) is 91.0 Å². The molecule has 128 valence electrons. The molecule has 3 rings (SSSR count). The Morgan fingerprint density at radius 1 is 0.600 bits per heavy atom. The maximum absolute atomic E-state index is 6.25. The van der Waals surface area contributed by atoms with Crippen LogP contribution in [0.3, 0.4) is 0 Å². The molecule has 4 heteroatoms. The van der Waals surface area contributed by atoms with Gasteiger partial charge in [-0.15, -0.1) is 0 Å². The van der Waals surface area contributed by atoms with Crippen LogP contribution in [0.2, 0.25) is 0 Å². The van der Waals surface area contributed by atoms with Crippen LogP contribution < -0.4 is 9.05 Å². The number of para-hydroxylation sites is 2. The van der Waals surface area contributed by atoms with Gasteiger partial charge in [0.1, 0.15) is 11.5 Å². The molecule has 0 amide bonds. The van der Waals surface area contributed by atoms with E-state index in [1.165, 1.54) is 0 Å². The molecular formula is C21H21O3P. The fraction of sp³-hybridized carbons (Fsp3) is 0.143. The van der Waals surface area contributed by atoms with Gasteiger partial charge < -0.3 is 9.05 Å². The Bertz CT molecular complexity index is 719. The van der Waals surface area contributed by atoms with Crippen molar-refractivity contribution >= 4 is 8.60 Å². The lowest BCUT2D eigenvalue weighted by molar-refractivity contribution is 0.0943. The van der Waals surface area contributed by atoms with Crippen LogP contribution >= 0.6 is 8.60 Å². The second-order valence-corrected chi connectivity index (χ2v) is 6.99. The van der Waals surface area contributed by atoms with Crippen LogP contribution in [-0.2, 0) is 10.1 Å². The molecular weight excluding hydrogens is 331 g/mol. The van der Waals surface area contributed by atoms with Crippen molar-refractivity contribution < 1.29 is 13.6 Å². The van der Waals surface area contributed by atoms with Crippen LogP contribution in [0.5, 0.6) is 11.5 Å². The highest BCUT2D eigenvalue weighted by molar-refractivity contribution is 7.42. The minimum Gasteiger partial charge on any atom is -0.418 e. The molecule has 0 heterocycles. The highest BCUT2D eigenvalue weighted by Crippen LogP contribution is 2.47. The first-order chi connectivity index (χ1) is 12.1. The molecule has 0 aliphatic heterocycles. The average molecular weight is 352 g/mol.